The molecule has 108 valence electrons. The van der Waals surface area contributed by atoms with Crippen LogP contribution in [0.25, 0.3) is 0 Å². The molecule has 0 bridgehead atoms. The Morgan fingerprint density at radius 2 is 2.11 bits per heavy atom. The summed E-state index contributed by atoms with van der Waals surface area (Å²) in [4.78, 5) is 11.0. The van der Waals surface area contributed by atoms with Crippen LogP contribution in [-0.4, -0.2) is 38.6 Å². The van der Waals surface area contributed by atoms with E-state index < -0.39 is 12.1 Å². The Balaban J connectivity index is 2.54. The van der Waals surface area contributed by atoms with E-state index in [1.165, 1.54) is 6.20 Å². The lowest BCUT2D eigenvalue weighted by Gasteiger charge is -2.20. The average Bonchev–Trinajstić information content (AvgIpc) is 2.73. The summed E-state index contributed by atoms with van der Waals surface area (Å²) < 4.78 is 1.54. The quantitative estimate of drug-likeness (QED) is 0.655. The highest BCUT2D eigenvalue weighted by molar-refractivity contribution is 5.88. The van der Waals surface area contributed by atoms with Crippen LogP contribution in [0.2, 0.25) is 0 Å². The first-order valence-electron chi connectivity index (χ1n) is 6.64. The third kappa shape index (κ3) is 4.04. The van der Waals surface area contributed by atoms with E-state index in [1.54, 1.807) is 11.7 Å². The van der Waals surface area contributed by atoms with Gasteiger partial charge in [-0.3, -0.25) is 4.68 Å². The van der Waals surface area contributed by atoms with Crippen molar-refractivity contribution in [1.29, 1.82) is 0 Å². The van der Waals surface area contributed by atoms with Crippen molar-refractivity contribution in [2.75, 3.05) is 6.54 Å². The van der Waals surface area contributed by atoms with Gasteiger partial charge in [-0.2, -0.15) is 5.10 Å². The fourth-order valence-corrected chi connectivity index (χ4v) is 2.19. The highest BCUT2D eigenvalue weighted by Gasteiger charge is 2.17. The SMILES string of the molecule is CCC(CC)C(O)CNCc1c(C(=O)O)cnn1C. The Labute approximate surface area is 113 Å². The van der Waals surface area contributed by atoms with E-state index in [4.69, 9.17) is 5.11 Å². The first-order valence-corrected chi connectivity index (χ1v) is 6.64. The van der Waals surface area contributed by atoms with Crippen LogP contribution in [0.3, 0.4) is 0 Å². The number of nitrogens with one attached hydrogen (secondary N) is 1. The van der Waals surface area contributed by atoms with Crippen LogP contribution in [0.1, 0.15) is 42.7 Å². The van der Waals surface area contributed by atoms with Crippen molar-refractivity contribution >= 4 is 5.97 Å². The number of hydrogen-bond donors (Lipinski definition) is 3. The van der Waals surface area contributed by atoms with Crippen LogP contribution in [-0.2, 0) is 13.6 Å². The summed E-state index contributed by atoms with van der Waals surface area (Å²) in [7, 11) is 1.71. The summed E-state index contributed by atoms with van der Waals surface area (Å²) in [5, 5.41) is 26.0. The zero-order valence-electron chi connectivity index (χ0n) is 11.8. The number of carboxylic acid groups (broad SMARTS) is 1. The van der Waals surface area contributed by atoms with Gasteiger partial charge in [0.25, 0.3) is 0 Å². The lowest BCUT2D eigenvalue weighted by molar-refractivity contribution is 0.0695. The van der Waals surface area contributed by atoms with Gasteiger partial charge < -0.3 is 15.5 Å². The fourth-order valence-electron chi connectivity index (χ4n) is 2.19. The van der Waals surface area contributed by atoms with Crippen molar-refractivity contribution in [3.63, 3.8) is 0 Å². The summed E-state index contributed by atoms with van der Waals surface area (Å²) in [5.41, 5.74) is 0.816. The first-order chi connectivity index (χ1) is 9.01. The van der Waals surface area contributed by atoms with Gasteiger partial charge in [-0.25, -0.2) is 4.79 Å². The molecule has 0 aromatic carbocycles. The molecule has 0 aliphatic heterocycles. The maximum Gasteiger partial charge on any atom is 0.339 e. The Morgan fingerprint density at radius 3 is 2.63 bits per heavy atom. The maximum atomic E-state index is 11.0. The fraction of sp³-hybridized carbons (Fsp3) is 0.692. The molecule has 1 aromatic heterocycles. The van der Waals surface area contributed by atoms with E-state index in [1.807, 2.05) is 0 Å². The van der Waals surface area contributed by atoms with Gasteiger partial charge >= 0.3 is 5.97 Å². The zero-order chi connectivity index (χ0) is 14.4. The van der Waals surface area contributed by atoms with Gasteiger partial charge in [0.05, 0.1) is 18.0 Å². The second kappa shape index (κ2) is 7.25. The van der Waals surface area contributed by atoms with E-state index in [0.29, 0.717) is 18.8 Å². The van der Waals surface area contributed by atoms with Crippen molar-refractivity contribution in [3.05, 3.63) is 17.5 Å². The monoisotopic (exact) mass is 269 g/mol. The minimum absolute atomic E-state index is 0.201. The molecule has 6 heteroatoms. The summed E-state index contributed by atoms with van der Waals surface area (Å²) in [6.07, 6.45) is 2.81. The first kappa shape index (κ1) is 15.7. The predicted molar refractivity (Wildman–Crippen MR) is 72.0 cm³/mol. The van der Waals surface area contributed by atoms with Gasteiger partial charge in [0.15, 0.2) is 0 Å². The number of aromatic carboxylic acids is 1. The van der Waals surface area contributed by atoms with Crippen LogP contribution >= 0.6 is 0 Å². The molecule has 19 heavy (non-hydrogen) atoms. The number of aliphatic hydroxyl groups excluding tert-OH is 1. The standard InChI is InChI=1S/C13H23N3O3/c1-4-9(5-2)12(17)8-14-7-11-10(13(18)19)6-15-16(11)3/h6,9,12,14,17H,4-5,7-8H2,1-3H3,(H,18,19). The Morgan fingerprint density at radius 1 is 1.47 bits per heavy atom. The molecule has 0 radical (unpaired) electrons. The number of aryl methyl sites for hydroxylation is 1. The third-order valence-electron chi connectivity index (χ3n) is 3.53. The van der Waals surface area contributed by atoms with Crippen LogP contribution in [0.15, 0.2) is 6.20 Å². The van der Waals surface area contributed by atoms with Gasteiger partial charge in [0.2, 0.25) is 0 Å². The van der Waals surface area contributed by atoms with E-state index in [2.05, 4.69) is 24.3 Å². The van der Waals surface area contributed by atoms with E-state index in [9.17, 15) is 9.90 Å². The summed E-state index contributed by atoms with van der Waals surface area (Å²) in [5.74, 6) is -0.705. The molecule has 0 fully saturated rings. The minimum Gasteiger partial charge on any atom is -0.478 e. The second-order valence-electron chi connectivity index (χ2n) is 4.71. The molecule has 1 atom stereocenters. The third-order valence-corrected chi connectivity index (χ3v) is 3.53. The minimum atomic E-state index is -0.981. The zero-order valence-corrected chi connectivity index (χ0v) is 11.8. The number of hydrogen-bond acceptors (Lipinski definition) is 4. The van der Waals surface area contributed by atoms with Crippen LogP contribution < -0.4 is 5.32 Å². The molecular formula is C13H23N3O3. The number of aliphatic hydroxyl groups is 1. The molecule has 6 nitrogen and oxygen atoms in total. The molecule has 1 rings (SSSR count). The number of rotatable bonds is 8. The number of aromatic nitrogens is 2. The normalized spacial score (nSPS) is 12.9. The molecule has 0 spiro atoms. The lowest BCUT2D eigenvalue weighted by atomic mass is 9.96. The predicted octanol–water partition coefficient (Wildman–Crippen LogP) is 1.00. The smallest absolute Gasteiger partial charge is 0.339 e. The van der Waals surface area contributed by atoms with Gasteiger partial charge in [-0.15, -0.1) is 0 Å². The molecule has 0 aliphatic rings. The molecule has 1 heterocycles. The molecule has 1 aromatic rings. The molecule has 0 amide bonds. The van der Waals surface area contributed by atoms with Crippen molar-refractivity contribution in [2.45, 2.75) is 39.3 Å². The van der Waals surface area contributed by atoms with E-state index >= 15 is 0 Å². The van der Waals surface area contributed by atoms with Crippen LogP contribution in [0.5, 0.6) is 0 Å². The van der Waals surface area contributed by atoms with Gasteiger partial charge in [-0.1, -0.05) is 26.7 Å². The Kier molecular flexibility index (Phi) is 5.98. The molecule has 0 saturated carbocycles. The highest BCUT2D eigenvalue weighted by Crippen LogP contribution is 2.13. The van der Waals surface area contributed by atoms with Crippen LogP contribution in [0, 0.1) is 5.92 Å². The maximum absolute atomic E-state index is 11.0. The summed E-state index contributed by atoms with van der Waals surface area (Å²) in [6, 6.07) is 0. The lowest BCUT2D eigenvalue weighted by Crippen LogP contribution is -2.33. The number of carbonyl (C=O) groups is 1. The molecule has 0 aliphatic carbocycles. The van der Waals surface area contributed by atoms with Crippen molar-refractivity contribution in [2.24, 2.45) is 13.0 Å². The molecular weight excluding hydrogens is 246 g/mol. The summed E-state index contributed by atoms with van der Waals surface area (Å²) in [6.45, 7) is 4.95. The summed E-state index contributed by atoms with van der Waals surface area (Å²) >= 11 is 0. The van der Waals surface area contributed by atoms with Crippen molar-refractivity contribution < 1.29 is 15.0 Å². The Hall–Kier alpha value is -1.40. The van der Waals surface area contributed by atoms with Crippen molar-refractivity contribution in [1.82, 2.24) is 15.1 Å². The molecule has 3 N–H and O–H groups in total. The second-order valence-corrected chi connectivity index (χ2v) is 4.71. The number of nitrogens with zero attached hydrogens (tertiary/aromatic N) is 2. The average molecular weight is 269 g/mol. The molecule has 1 unspecified atom stereocenters. The topological polar surface area (TPSA) is 87.4 Å². The van der Waals surface area contributed by atoms with Gasteiger partial charge in [0.1, 0.15) is 5.56 Å². The number of carboxylic acids is 1. The van der Waals surface area contributed by atoms with Gasteiger partial charge in [-0.05, 0) is 5.92 Å². The Bertz CT molecular complexity index is 413. The van der Waals surface area contributed by atoms with Crippen LogP contribution in [0.4, 0.5) is 0 Å². The highest BCUT2D eigenvalue weighted by atomic mass is 16.4. The van der Waals surface area contributed by atoms with E-state index in [-0.39, 0.29) is 11.5 Å². The van der Waals surface area contributed by atoms with E-state index in [0.717, 1.165) is 12.8 Å². The van der Waals surface area contributed by atoms with Gasteiger partial charge in [0, 0.05) is 20.1 Å². The molecule has 0 saturated heterocycles. The largest absolute Gasteiger partial charge is 0.478 e. The van der Waals surface area contributed by atoms with Crippen molar-refractivity contribution in [3.8, 4) is 0 Å².